The minimum absolute atomic E-state index is 0.000511. The molecule has 1 N–H and O–H groups in total. The van der Waals surface area contributed by atoms with Crippen molar-refractivity contribution in [1.82, 2.24) is 9.80 Å². The molecule has 6 heteroatoms. The molecule has 0 bridgehead atoms. The van der Waals surface area contributed by atoms with Gasteiger partial charge in [-0.15, -0.1) is 0 Å². The topological polar surface area (TPSA) is 70.1 Å². The van der Waals surface area contributed by atoms with Crippen molar-refractivity contribution in [2.75, 3.05) is 19.6 Å². The highest BCUT2D eigenvalue weighted by molar-refractivity contribution is 5.69. The Balaban J connectivity index is 1.93. The van der Waals surface area contributed by atoms with Crippen molar-refractivity contribution >= 4 is 12.1 Å². The number of hydrogen-bond acceptors (Lipinski definition) is 4. The number of nitrogens with zero attached hydrogens (tertiary/aromatic N) is 2. The molecule has 1 aromatic carbocycles. The predicted molar refractivity (Wildman–Crippen MR) is 90.7 cm³/mol. The minimum Gasteiger partial charge on any atom is -0.480 e. The van der Waals surface area contributed by atoms with Gasteiger partial charge in [-0.25, -0.2) is 4.79 Å². The van der Waals surface area contributed by atoms with Crippen LogP contribution in [0.1, 0.15) is 32.3 Å². The molecule has 0 aliphatic carbocycles. The molecule has 0 spiro atoms. The molecule has 1 aliphatic rings. The molecule has 1 unspecified atom stereocenters. The van der Waals surface area contributed by atoms with Crippen molar-refractivity contribution in [3.05, 3.63) is 35.9 Å². The normalized spacial score (nSPS) is 17.9. The smallest absolute Gasteiger partial charge is 0.410 e. The van der Waals surface area contributed by atoms with Crippen molar-refractivity contribution in [1.29, 1.82) is 0 Å². The first-order valence-electron chi connectivity index (χ1n) is 8.40. The molecule has 0 radical (unpaired) electrons. The summed E-state index contributed by atoms with van der Waals surface area (Å²) in [5, 5.41) is 9.01. The van der Waals surface area contributed by atoms with Crippen LogP contribution >= 0.6 is 0 Å². The molecule has 1 aliphatic heterocycles. The van der Waals surface area contributed by atoms with Gasteiger partial charge < -0.3 is 14.7 Å². The number of carbonyl (C=O) groups excluding carboxylic acids is 1. The van der Waals surface area contributed by atoms with Crippen molar-refractivity contribution in [3.8, 4) is 0 Å². The van der Waals surface area contributed by atoms with Crippen molar-refractivity contribution in [2.24, 2.45) is 0 Å². The van der Waals surface area contributed by atoms with Crippen LogP contribution < -0.4 is 0 Å². The molecule has 0 aromatic heterocycles. The molecule has 24 heavy (non-hydrogen) atoms. The van der Waals surface area contributed by atoms with Gasteiger partial charge in [-0.1, -0.05) is 30.3 Å². The van der Waals surface area contributed by atoms with E-state index in [1.807, 2.05) is 49.1 Å². The largest absolute Gasteiger partial charge is 0.480 e. The maximum atomic E-state index is 12.4. The number of carbonyl (C=O) groups is 2. The average molecular weight is 334 g/mol. The second kappa shape index (κ2) is 8.68. The number of hydrogen-bond donors (Lipinski definition) is 1. The second-order valence-electron chi connectivity index (χ2n) is 6.45. The van der Waals surface area contributed by atoms with Crippen LogP contribution in [0.15, 0.2) is 30.3 Å². The van der Waals surface area contributed by atoms with Crippen LogP contribution in [0.4, 0.5) is 4.79 Å². The van der Waals surface area contributed by atoms with Crippen LogP contribution in [-0.2, 0) is 16.1 Å². The van der Waals surface area contributed by atoms with Crippen LogP contribution in [0, 0.1) is 0 Å². The summed E-state index contributed by atoms with van der Waals surface area (Å²) < 4.78 is 5.43. The summed E-state index contributed by atoms with van der Waals surface area (Å²) in [6.07, 6.45) is 1.52. The highest BCUT2D eigenvalue weighted by Crippen LogP contribution is 2.19. The van der Waals surface area contributed by atoms with E-state index in [2.05, 4.69) is 0 Å². The molecule has 132 valence electrons. The van der Waals surface area contributed by atoms with E-state index in [0.29, 0.717) is 6.54 Å². The predicted octanol–water partition coefficient (Wildman–Crippen LogP) is 2.58. The Morgan fingerprint density at radius 1 is 1.33 bits per heavy atom. The lowest BCUT2D eigenvalue weighted by atomic mass is 10.2. The zero-order valence-corrected chi connectivity index (χ0v) is 14.4. The zero-order valence-electron chi connectivity index (χ0n) is 14.4. The number of ether oxygens (including phenoxy) is 1. The van der Waals surface area contributed by atoms with Crippen LogP contribution in [0.3, 0.4) is 0 Å². The number of likely N-dealkylation sites (tertiary alicyclic amines) is 1. The van der Waals surface area contributed by atoms with E-state index in [0.717, 1.165) is 24.9 Å². The van der Waals surface area contributed by atoms with Gasteiger partial charge in [-0.3, -0.25) is 9.69 Å². The first kappa shape index (κ1) is 18.3. The van der Waals surface area contributed by atoms with E-state index in [-0.39, 0.29) is 31.3 Å². The minimum atomic E-state index is -0.829. The van der Waals surface area contributed by atoms with Crippen molar-refractivity contribution < 1.29 is 19.4 Å². The molecule has 2 rings (SSSR count). The van der Waals surface area contributed by atoms with Crippen molar-refractivity contribution in [3.63, 3.8) is 0 Å². The molecule has 1 amide bonds. The maximum Gasteiger partial charge on any atom is 0.410 e. The number of rotatable bonds is 7. The fraction of sp³-hybridized carbons (Fsp3) is 0.556. The molecule has 1 saturated heterocycles. The molecular weight excluding hydrogens is 308 g/mol. The Labute approximate surface area is 143 Å². The van der Waals surface area contributed by atoms with Crippen LogP contribution in [0.2, 0.25) is 0 Å². The van der Waals surface area contributed by atoms with Gasteiger partial charge in [0.15, 0.2) is 0 Å². The Kier molecular flexibility index (Phi) is 6.61. The Bertz CT molecular complexity index is 547. The Hall–Kier alpha value is -2.08. The third-order valence-electron chi connectivity index (χ3n) is 4.31. The SMILES string of the molecule is CC(C)N(CC1CCCN1CC(=O)O)C(=O)OCc1ccccc1. The van der Waals surface area contributed by atoms with Gasteiger partial charge >= 0.3 is 12.1 Å². The van der Waals surface area contributed by atoms with E-state index < -0.39 is 5.97 Å². The van der Waals surface area contributed by atoms with E-state index in [9.17, 15) is 9.59 Å². The number of amides is 1. The number of carboxylic acids is 1. The lowest BCUT2D eigenvalue weighted by molar-refractivity contribution is -0.138. The fourth-order valence-corrected chi connectivity index (χ4v) is 3.01. The zero-order chi connectivity index (χ0) is 17.5. The summed E-state index contributed by atoms with van der Waals surface area (Å²) in [6, 6.07) is 9.64. The third kappa shape index (κ3) is 5.23. The number of carboxylic acid groups (broad SMARTS) is 1. The first-order valence-corrected chi connectivity index (χ1v) is 8.40. The van der Waals surface area contributed by atoms with Crippen molar-refractivity contribution in [2.45, 2.75) is 45.4 Å². The molecule has 1 aromatic rings. The van der Waals surface area contributed by atoms with Gasteiger partial charge in [0.2, 0.25) is 0 Å². The highest BCUT2D eigenvalue weighted by atomic mass is 16.6. The quantitative estimate of drug-likeness (QED) is 0.830. The van der Waals surface area contributed by atoms with E-state index in [4.69, 9.17) is 9.84 Å². The Morgan fingerprint density at radius 3 is 2.67 bits per heavy atom. The fourth-order valence-electron chi connectivity index (χ4n) is 3.01. The van der Waals surface area contributed by atoms with E-state index in [1.54, 1.807) is 4.90 Å². The first-order chi connectivity index (χ1) is 11.5. The van der Waals surface area contributed by atoms with Gasteiger partial charge in [0.1, 0.15) is 6.61 Å². The lowest BCUT2D eigenvalue weighted by Gasteiger charge is -2.32. The molecule has 1 atom stereocenters. The van der Waals surface area contributed by atoms with Gasteiger partial charge in [0.05, 0.1) is 6.54 Å². The van der Waals surface area contributed by atoms with Gasteiger partial charge in [0, 0.05) is 18.6 Å². The van der Waals surface area contributed by atoms with Crippen LogP contribution in [0.5, 0.6) is 0 Å². The molecule has 1 fully saturated rings. The third-order valence-corrected chi connectivity index (χ3v) is 4.31. The van der Waals surface area contributed by atoms with Gasteiger partial charge in [-0.05, 0) is 38.8 Å². The number of aliphatic carboxylic acids is 1. The summed E-state index contributed by atoms with van der Waals surface area (Å²) in [7, 11) is 0. The molecule has 1 heterocycles. The second-order valence-corrected chi connectivity index (χ2v) is 6.45. The molecule has 6 nitrogen and oxygen atoms in total. The van der Waals surface area contributed by atoms with E-state index in [1.165, 1.54) is 0 Å². The summed E-state index contributed by atoms with van der Waals surface area (Å²) >= 11 is 0. The number of benzene rings is 1. The van der Waals surface area contributed by atoms with Gasteiger partial charge in [0.25, 0.3) is 0 Å². The monoisotopic (exact) mass is 334 g/mol. The average Bonchev–Trinajstić information content (AvgIpc) is 2.97. The molecular formula is C18H26N2O4. The Morgan fingerprint density at radius 2 is 2.04 bits per heavy atom. The van der Waals surface area contributed by atoms with Gasteiger partial charge in [-0.2, -0.15) is 0 Å². The summed E-state index contributed by atoms with van der Waals surface area (Å²) in [4.78, 5) is 27.0. The van der Waals surface area contributed by atoms with Crippen LogP contribution in [0.25, 0.3) is 0 Å². The summed E-state index contributed by atoms with van der Waals surface area (Å²) in [5.74, 6) is -0.829. The highest BCUT2D eigenvalue weighted by Gasteiger charge is 2.30. The molecule has 0 saturated carbocycles. The summed E-state index contributed by atoms with van der Waals surface area (Å²) in [5.41, 5.74) is 0.947. The maximum absolute atomic E-state index is 12.4. The standard InChI is InChI=1S/C18H26N2O4/c1-14(2)20(11-16-9-6-10-19(16)12-17(21)22)18(23)24-13-15-7-4-3-5-8-15/h3-5,7-8,14,16H,6,9-13H2,1-2H3,(H,21,22). The van der Waals surface area contributed by atoms with Crippen LogP contribution in [-0.4, -0.2) is 58.7 Å². The van der Waals surface area contributed by atoms with E-state index >= 15 is 0 Å². The lowest BCUT2D eigenvalue weighted by Crippen LogP contribution is -2.47. The summed E-state index contributed by atoms with van der Waals surface area (Å²) in [6.45, 7) is 5.42.